The van der Waals surface area contributed by atoms with Crippen molar-refractivity contribution in [2.75, 3.05) is 0 Å². The zero-order chi connectivity index (χ0) is 21.4. The lowest BCUT2D eigenvalue weighted by Gasteiger charge is -2.28. The van der Waals surface area contributed by atoms with Crippen molar-refractivity contribution < 1.29 is 19.7 Å². The molecule has 5 rings (SSSR count). The number of aromatic hydroxyl groups is 1. The van der Waals surface area contributed by atoms with E-state index < -0.39 is 5.97 Å². The first-order chi connectivity index (χ1) is 15.1. The summed E-state index contributed by atoms with van der Waals surface area (Å²) in [5.74, 6) is 0.476. The zero-order valence-electron chi connectivity index (χ0n) is 17.2. The summed E-state index contributed by atoms with van der Waals surface area (Å²) in [5.41, 5.74) is 5.80. The second-order valence-electron chi connectivity index (χ2n) is 8.34. The molecule has 3 aromatic rings. The Bertz CT molecular complexity index is 1170. The van der Waals surface area contributed by atoms with Gasteiger partial charge < -0.3 is 14.9 Å². The van der Waals surface area contributed by atoms with Crippen molar-refractivity contribution in [1.82, 2.24) is 0 Å². The highest BCUT2D eigenvalue weighted by Crippen LogP contribution is 2.57. The predicted molar refractivity (Wildman–Crippen MR) is 119 cm³/mol. The van der Waals surface area contributed by atoms with Crippen LogP contribution in [-0.2, 0) is 29.7 Å². The fourth-order valence-electron chi connectivity index (χ4n) is 5.25. The smallest absolute Gasteiger partial charge is 0.336 e. The SMILES string of the molecule is O=C(C=Cc1ccc(CO)cc1)Oc1cccc2c1[C@]1(CCc3cccc(O)c31)CC2. The normalized spacial score (nSPS) is 19.0. The van der Waals surface area contributed by atoms with Gasteiger partial charge in [-0.3, -0.25) is 0 Å². The molecule has 4 nitrogen and oxygen atoms in total. The molecule has 31 heavy (non-hydrogen) atoms. The summed E-state index contributed by atoms with van der Waals surface area (Å²) < 4.78 is 5.82. The molecular formula is C27H24O4. The van der Waals surface area contributed by atoms with Crippen LogP contribution in [0.5, 0.6) is 11.5 Å². The summed E-state index contributed by atoms with van der Waals surface area (Å²) in [6.45, 7) is -0.00835. The molecule has 1 spiro atoms. The molecule has 4 heteroatoms. The van der Waals surface area contributed by atoms with Crippen LogP contribution in [0.4, 0.5) is 0 Å². The molecule has 3 aromatic carbocycles. The predicted octanol–water partition coefficient (Wildman–Crippen LogP) is 4.68. The van der Waals surface area contributed by atoms with Crippen molar-refractivity contribution in [3.8, 4) is 11.5 Å². The molecule has 0 saturated carbocycles. The number of hydrogen-bond donors (Lipinski definition) is 2. The lowest BCUT2D eigenvalue weighted by molar-refractivity contribution is -0.128. The van der Waals surface area contributed by atoms with Crippen LogP contribution < -0.4 is 4.74 Å². The average Bonchev–Trinajstić information content (AvgIpc) is 3.36. The summed E-state index contributed by atoms with van der Waals surface area (Å²) in [5, 5.41) is 19.8. The summed E-state index contributed by atoms with van der Waals surface area (Å²) >= 11 is 0. The Morgan fingerprint density at radius 2 is 1.61 bits per heavy atom. The van der Waals surface area contributed by atoms with Gasteiger partial charge in [0.25, 0.3) is 0 Å². The average molecular weight is 412 g/mol. The number of ether oxygens (including phenoxy) is 1. The lowest BCUT2D eigenvalue weighted by atomic mass is 9.76. The molecule has 0 saturated heterocycles. The number of fused-ring (bicyclic) bond motifs is 4. The Kier molecular flexibility index (Phi) is 4.87. The number of carbonyl (C=O) groups excluding carboxylic acids is 1. The highest BCUT2D eigenvalue weighted by molar-refractivity contribution is 5.89. The lowest BCUT2D eigenvalue weighted by Crippen LogP contribution is -2.23. The minimum absolute atomic E-state index is 0.00835. The zero-order valence-corrected chi connectivity index (χ0v) is 17.2. The maximum Gasteiger partial charge on any atom is 0.336 e. The van der Waals surface area contributed by atoms with Gasteiger partial charge in [-0.05, 0) is 66.1 Å². The number of aliphatic hydroxyl groups is 1. The van der Waals surface area contributed by atoms with Crippen LogP contribution >= 0.6 is 0 Å². The van der Waals surface area contributed by atoms with E-state index in [2.05, 4.69) is 12.1 Å². The second-order valence-corrected chi connectivity index (χ2v) is 8.34. The number of hydrogen-bond acceptors (Lipinski definition) is 4. The minimum atomic E-state index is -0.433. The van der Waals surface area contributed by atoms with Crippen molar-refractivity contribution in [2.45, 2.75) is 37.7 Å². The van der Waals surface area contributed by atoms with Crippen LogP contribution in [0.25, 0.3) is 6.08 Å². The third kappa shape index (κ3) is 3.33. The number of esters is 1. The molecule has 156 valence electrons. The number of aliphatic hydroxyl groups excluding tert-OH is 1. The van der Waals surface area contributed by atoms with E-state index in [1.807, 2.05) is 42.5 Å². The van der Waals surface area contributed by atoms with Gasteiger partial charge in [-0.2, -0.15) is 0 Å². The second kappa shape index (κ2) is 7.71. The van der Waals surface area contributed by atoms with Crippen molar-refractivity contribution >= 4 is 12.0 Å². The number of phenols is 1. The number of aryl methyl sites for hydroxylation is 2. The van der Waals surface area contributed by atoms with Gasteiger partial charge in [0.05, 0.1) is 6.61 Å². The van der Waals surface area contributed by atoms with E-state index in [0.717, 1.165) is 47.9 Å². The Balaban J connectivity index is 1.45. The number of rotatable bonds is 4. The Morgan fingerprint density at radius 1 is 0.935 bits per heavy atom. The molecule has 0 heterocycles. The summed E-state index contributed by atoms with van der Waals surface area (Å²) in [7, 11) is 0. The first-order valence-electron chi connectivity index (χ1n) is 10.6. The third-order valence-corrected chi connectivity index (χ3v) is 6.63. The summed E-state index contributed by atoms with van der Waals surface area (Å²) in [6.07, 6.45) is 6.77. The summed E-state index contributed by atoms with van der Waals surface area (Å²) in [4.78, 5) is 12.6. The molecule has 0 fully saturated rings. The molecule has 2 aliphatic carbocycles. The maximum atomic E-state index is 12.6. The molecule has 0 unspecified atom stereocenters. The largest absolute Gasteiger partial charge is 0.508 e. The van der Waals surface area contributed by atoms with Crippen LogP contribution in [0, 0.1) is 0 Å². The first-order valence-corrected chi connectivity index (χ1v) is 10.6. The van der Waals surface area contributed by atoms with E-state index in [4.69, 9.17) is 9.84 Å². The van der Waals surface area contributed by atoms with Crippen LogP contribution in [0.3, 0.4) is 0 Å². The molecule has 0 radical (unpaired) electrons. The highest BCUT2D eigenvalue weighted by Gasteiger charge is 2.48. The van der Waals surface area contributed by atoms with Gasteiger partial charge in [0, 0.05) is 22.6 Å². The standard InChI is InChI=1S/C27H24O4/c28-17-19-9-7-18(8-10-19)11-12-24(30)31-23-6-2-4-21-14-16-27(26(21)23)15-13-20-3-1-5-22(29)25(20)27/h1-12,28-29H,13-17H2/t27-/m1/s1. The Morgan fingerprint density at radius 3 is 2.32 bits per heavy atom. The van der Waals surface area contributed by atoms with Crippen LogP contribution in [0.1, 0.15) is 46.2 Å². The number of benzene rings is 3. The van der Waals surface area contributed by atoms with E-state index in [9.17, 15) is 9.90 Å². The molecule has 2 N–H and O–H groups in total. The van der Waals surface area contributed by atoms with Crippen LogP contribution in [0.2, 0.25) is 0 Å². The highest BCUT2D eigenvalue weighted by atomic mass is 16.5. The van der Waals surface area contributed by atoms with Crippen LogP contribution in [0.15, 0.2) is 66.7 Å². The molecule has 0 aliphatic heterocycles. The third-order valence-electron chi connectivity index (χ3n) is 6.63. The molecule has 2 aliphatic rings. The van der Waals surface area contributed by atoms with Crippen molar-refractivity contribution in [1.29, 1.82) is 0 Å². The Labute approximate surface area is 181 Å². The quantitative estimate of drug-likeness (QED) is 0.371. The van der Waals surface area contributed by atoms with E-state index in [-0.39, 0.29) is 12.0 Å². The maximum absolute atomic E-state index is 12.6. The van der Waals surface area contributed by atoms with Gasteiger partial charge in [-0.25, -0.2) is 4.79 Å². The van der Waals surface area contributed by atoms with Gasteiger partial charge >= 0.3 is 5.97 Å². The fourth-order valence-corrected chi connectivity index (χ4v) is 5.25. The van der Waals surface area contributed by atoms with Gasteiger partial charge in [-0.1, -0.05) is 48.5 Å². The van der Waals surface area contributed by atoms with Gasteiger partial charge in [-0.15, -0.1) is 0 Å². The number of phenolic OH excluding ortho intramolecular Hbond substituents is 1. The van der Waals surface area contributed by atoms with E-state index >= 15 is 0 Å². The number of carbonyl (C=O) groups is 1. The Hall–Kier alpha value is -3.37. The first kappa shape index (κ1) is 19.6. The van der Waals surface area contributed by atoms with Crippen molar-refractivity contribution in [3.05, 3.63) is 100 Å². The van der Waals surface area contributed by atoms with Crippen molar-refractivity contribution in [2.24, 2.45) is 0 Å². The molecular weight excluding hydrogens is 388 g/mol. The van der Waals surface area contributed by atoms with E-state index in [1.54, 1.807) is 12.1 Å². The fraction of sp³-hybridized carbons (Fsp3) is 0.222. The monoisotopic (exact) mass is 412 g/mol. The molecule has 0 aromatic heterocycles. The molecule has 1 atom stereocenters. The van der Waals surface area contributed by atoms with Gasteiger partial charge in [0.2, 0.25) is 0 Å². The molecule has 0 amide bonds. The van der Waals surface area contributed by atoms with Gasteiger partial charge in [0.1, 0.15) is 11.5 Å². The minimum Gasteiger partial charge on any atom is -0.508 e. The summed E-state index contributed by atoms with van der Waals surface area (Å²) in [6, 6.07) is 19.0. The van der Waals surface area contributed by atoms with Gasteiger partial charge in [0.15, 0.2) is 0 Å². The van der Waals surface area contributed by atoms with E-state index in [1.165, 1.54) is 17.2 Å². The molecule has 0 bridgehead atoms. The topological polar surface area (TPSA) is 66.8 Å². The van der Waals surface area contributed by atoms with Crippen LogP contribution in [-0.4, -0.2) is 16.2 Å². The van der Waals surface area contributed by atoms with E-state index in [0.29, 0.717) is 11.5 Å². The van der Waals surface area contributed by atoms with Crippen molar-refractivity contribution in [3.63, 3.8) is 0 Å².